The van der Waals surface area contributed by atoms with Gasteiger partial charge in [0.25, 0.3) is 0 Å². The van der Waals surface area contributed by atoms with Crippen LogP contribution in [0.5, 0.6) is 0 Å². The molecule has 0 radical (unpaired) electrons. The predicted molar refractivity (Wildman–Crippen MR) is 93.2 cm³/mol. The molecule has 1 aromatic carbocycles. The second-order valence-electron chi connectivity index (χ2n) is 6.23. The summed E-state index contributed by atoms with van der Waals surface area (Å²) < 4.78 is 0. The summed E-state index contributed by atoms with van der Waals surface area (Å²) in [5.41, 5.74) is 6.20. The molecule has 23 heavy (non-hydrogen) atoms. The molecule has 6 heteroatoms. The van der Waals surface area contributed by atoms with E-state index in [2.05, 4.69) is 5.32 Å². The van der Waals surface area contributed by atoms with Crippen LogP contribution in [0.15, 0.2) is 30.3 Å². The van der Waals surface area contributed by atoms with Gasteiger partial charge in [-0.2, -0.15) is 0 Å². The minimum atomic E-state index is -0.915. The summed E-state index contributed by atoms with van der Waals surface area (Å²) in [6.07, 6.45) is 2.08. The van der Waals surface area contributed by atoms with Crippen LogP contribution in [0.25, 0.3) is 0 Å². The van der Waals surface area contributed by atoms with Crippen LogP contribution >= 0.6 is 12.4 Å². The van der Waals surface area contributed by atoms with E-state index in [-0.39, 0.29) is 24.2 Å². The van der Waals surface area contributed by atoms with E-state index in [1.165, 1.54) is 0 Å². The van der Waals surface area contributed by atoms with E-state index >= 15 is 0 Å². The van der Waals surface area contributed by atoms with Gasteiger partial charge in [-0.25, -0.2) is 0 Å². The molecule has 1 aliphatic rings. The summed E-state index contributed by atoms with van der Waals surface area (Å²) in [6, 6.07) is 9.42. The van der Waals surface area contributed by atoms with Crippen LogP contribution < -0.4 is 11.1 Å². The number of rotatable bonds is 6. The van der Waals surface area contributed by atoms with Crippen LogP contribution in [-0.4, -0.2) is 34.8 Å². The maximum absolute atomic E-state index is 12.4. The van der Waals surface area contributed by atoms with Crippen molar-refractivity contribution in [2.75, 3.05) is 6.54 Å². The lowest BCUT2D eigenvalue weighted by Crippen LogP contribution is -2.55. The lowest BCUT2D eigenvalue weighted by Gasteiger charge is -2.25. The van der Waals surface area contributed by atoms with E-state index in [1.807, 2.05) is 37.3 Å². The fraction of sp³-hybridized carbons (Fsp3) is 0.529. The Morgan fingerprint density at radius 3 is 2.65 bits per heavy atom. The van der Waals surface area contributed by atoms with Crippen molar-refractivity contribution in [3.63, 3.8) is 0 Å². The highest BCUT2D eigenvalue weighted by atomic mass is 35.5. The van der Waals surface area contributed by atoms with Gasteiger partial charge in [0.2, 0.25) is 11.8 Å². The molecular weight excluding hydrogens is 314 g/mol. The van der Waals surface area contributed by atoms with Gasteiger partial charge in [0.05, 0.1) is 5.54 Å². The summed E-state index contributed by atoms with van der Waals surface area (Å²) in [5.74, 6) is -0.265. The quantitative estimate of drug-likeness (QED) is 0.830. The maximum Gasteiger partial charge on any atom is 0.245 e. The van der Waals surface area contributed by atoms with Gasteiger partial charge in [0.1, 0.15) is 6.04 Å². The first-order valence-electron chi connectivity index (χ1n) is 7.86. The summed E-state index contributed by atoms with van der Waals surface area (Å²) >= 11 is 0. The van der Waals surface area contributed by atoms with Crippen molar-refractivity contribution in [1.29, 1.82) is 0 Å². The molecule has 2 rings (SSSR count). The minimum absolute atomic E-state index is 0. The molecule has 0 saturated carbocycles. The smallest absolute Gasteiger partial charge is 0.245 e. The average Bonchev–Trinajstić information content (AvgIpc) is 2.81. The zero-order valence-corrected chi connectivity index (χ0v) is 14.6. The van der Waals surface area contributed by atoms with E-state index in [0.717, 1.165) is 12.0 Å². The molecule has 1 heterocycles. The van der Waals surface area contributed by atoms with Crippen molar-refractivity contribution in [3.8, 4) is 0 Å². The van der Waals surface area contributed by atoms with E-state index < -0.39 is 11.6 Å². The zero-order chi connectivity index (χ0) is 16.2. The molecule has 2 atom stereocenters. The molecule has 1 aromatic rings. The number of carbonyl (C=O) groups is 2. The Morgan fingerprint density at radius 1 is 1.39 bits per heavy atom. The largest absolute Gasteiger partial charge is 0.343 e. The highest BCUT2D eigenvalue weighted by Crippen LogP contribution is 2.17. The number of benzene rings is 1. The Morgan fingerprint density at radius 2 is 2.04 bits per heavy atom. The molecule has 5 nitrogen and oxygen atoms in total. The van der Waals surface area contributed by atoms with Crippen LogP contribution in [0.4, 0.5) is 0 Å². The number of hydrogen-bond donors (Lipinski definition) is 2. The molecule has 2 unspecified atom stereocenters. The highest BCUT2D eigenvalue weighted by molar-refractivity contribution is 5.92. The van der Waals surface area contributed by atoms with Gasteiger partial charge in [-0.3, -0.25) is 9.59 Å². The van der Waals surface area contributed by atoms with Crippen LogP contribution in [-0.2, 0) is 16.1 Å². The molecule has 0 bridgehead atoms. The number of carbonyl (C=O) groups excluding carboxylic acids is 2. The highest BCUT2D eigenvalue weighted by Gasteiger charge is 2.36. The van der Waals surface area contributed by atoms with Crippen LogP contribution in [0, 0.1) is 0 Å². The zero-order valence-electron chi connectivity index (χ0n) is 13.7. The van der Waals surface area contributed by atoms with Crippen LogP contribution in [0.2, 0.25) is 0 Å². The number of nitrogens with zero attached hydrogens (tertiary/aromatic N) is 1. The van der Waals surface area contributed by atoms with E-state index in [1.54, 1.807) is 11.8 Å². The maximum atomic E-state index is 12.4. The Hall–Kier alpha value is -1.59. The van der Waals surface area contributed by atoms with Crippen LogP contribution in [0.1, 0.15) is 38.7 Å². The third-order valence-electron chi connectivity index (χ3n) is 4.11. The van der Waals surface area contributed by atoms with Crippen molar-refractivity contribution in [1.82, 2.24) is 10.2 Å². The molecule has 0 aromatic heterocycles. The summed E-state index contributed by atoms with van der Waals surface area (Å²) in [6.45, 7) is 4.95. The first-order chi connectivity index (χ1) is 10.4. The Bertz CT molecular complexity index is 534. The third-order valence-corrected chi connectivity index (χ3v) is 4.11. The van der Waals surface area contributed by atoms with Crippen molar-refractivity contribution in [2.45, 2.75) is 51.2 Å². The molecule has 128 valence electrons. The molecule has 1 aliphatic heterocycles. The lowest BCUT2D eigenvalue weighted by atomic mass is 9.96. The number of likely N-dealkylation sites (tertiary alicyclic amines) is 1. The van der Waals surface area contributed by atoms with E-state index in [9.17, 15) is 9.59 Å². The summed E-state index contributed by atoms with van der Waals surface area (Å²) in [5, 5.41) is 2.81. The van der Waals surface area contributed by atoms with Crippen molar-refractivity contribution in [3.05, 3.63) is 35.9 Å². The monoisotopic (exact) mass is 339 g/mol. The molecule has 0 spiro atoms. The molecule has 2 amide bonds. The van der Waals surface area contributed by atoms with Gasteiger partial charge in [-0.05, 0) is 25.3 Å². The SMILES string of the molecule is CCCC(C)(N)C(=O)NC1CCN(Cc2ccccc2)C1=O.Cl. The van der Waals surface area contributed by atoms with Gasteiger partial charge in [-0.1, -0.05) is 43.7 Å². The number of hydrogen-bond acceptors (Lipinski definition) is 3. The Labute approximate surface area is 144 Å². The number of nitrogens with one attached hydrogen (secondary N) is 1. The molecule has 0 aliphatic carbocycles. The second kappa shape index (κ2) is 8.31. The fourth-order valence-corrected chi connectivity index (χ4v) is 2.79. The number of amides is 2. The number of nitrogens with two attached hydrogens (primary N) is 1. The second-order valence-corrected chi connectivity index (χ2v) is 6.23. The van der Waals surface area contributed by atoms with Gasteiger partial charge < -0.3 is 16.0 Å². The topological polar surface area (TPSA) is 75.4 Å². The van der Waals surface area contributed by atoms with Crippen molar-refractivity contribution in [2.24, 2.45) is 5.73 Å². The van der Waals surface area contributed by atoms with E-state index in [0.29, 0.717) is 25.9 Å². The predicted octanol–water partition coefficient (Wildman–Crippen LogP) is 1.84. The molecule has 1 saturated heterocycles. The third kappa shape index (κ3) is 4.94. The van der Waals surface area contributed by atoms with E-state index in [4.69, 9.17) is 5.73 Å². The van der Waals surface area contributed by atoms with Gasteiger partial charge in [0, 0.05) is 13.1 Å². The Kier molecular flexibility index (Phi) is 7.03. The Balaban J connectivity index is 0.00000264. The molecule has 3 N–H and O–H groups in total. The van der Waals surface area contributed by atoms with Gasteiger partial charge >= 0.3 is 0 Å². The minimum Gasteiger partial charge on any atom is -0.343 e. The standard InChI is InChI=1S/C17H25N3O2.ClH/c1-3-10-17(2,18)16(22)19-14-9-11-20(15(14)21)12-13-7-5-4-6-8-13;/h4-8,14H,3,9-12,18H2,1-2H3,(H,19,22);1H. The molecular formula is C17H26ClN3O2. The fourth-order valence-electron chi connectivity index (χ4n) is 2.79. The average molecular weight is 340 g/mol. The van der Waals surface area contributed by atoms with Crippen LogP contribution in [0.3, 0.4) is 0 Å². The number of halogens is 1. The summed E-state index contributed by atoms with van der Waals surface area (Å²) in [7, 11) is 0. The first kappa shape index (κ1) is 19.5. The van der Waals surface area contributed by atoms with Gasteiger partial charge in [0.15, 0.2) is 0 Å². The normalized spacial score (nSPS) is 19.9. The lowest BCUT2D eigenvalue weighted by molar-refractivity contribution is -0.134. The van der Waals surface area contributed by atoms with Crippen molar-refractivity contribution >= 4 is 24.2 Å². The first-order valence-corrected chi connectivity index (χ1v) is 7.86. The summed E-state index contributed by atoms with van der Waals surface area (Å²) in [4.78, 5) is 26.4. The molecule has 1 fully saturated rings. The van der Waals surface area contributed by atoms with Crippen molar-refractivity contribution < 1.29 is 9.59 Å². The van der Waals surface area contributed by atoms with Gasteiger partial charge in [-0.15, -0.1) is 12.4 Å².